The molecule has 1 aromatic heterocycles. The van der Waals surface area contributed by atoms with Gasteiger partial charge in [-0.3, -0.25) is 4.79 Å². The average Bonchev–Trinajstić information content (AvgIpc) is 2.32. The molecule has 0 amide bonds. The van der Waals surface area contributed by atoms with Gasteiger partial charge in [-0.2, -0.15) is 0 Å². The van der Waals surface area contributed by atoms with Crippen LogP contribution in [0.3, 0.4) is 0 Å². The summed E-state index contributed by atoms with van der Waals surface area (Å²) >= 11 is 1.52. The summed E-state index contributed by atoms with van der Waals surface area (Å²) in [5.74, 6) is 0.810. The van der Waals surface area contributed by atoms with E-state index in [0.29, 0.717) is 0 Å². The van der Waals surface area contributed by atoms with Gasteiger partial charge in [0.05, 0.1) is 5.52 Å². The van der Waals surface area contributed by atoms with Gasteiger partial charge in [0.25, 0.3) is 5.56 Å². The lowest BCUT2D eigenvalue weighted by Gasteiger charge is -2.06. The number of hydrogen-bond acceptors (Lipinski definition) is 2. The highest BCUT2D eigenvalue weighted by molar-refractivity contribution is 7.98. The minimum Gasteiger partial charge on any atom is -0.268 e. The van der Waals surface area contributed by atoms with Crippen LogP contribution in [0.5, 0.6) is 0 Å². The van der Waals surface area contributed by atoms with Crippen LogP contribution in [0.15, 0.2) is 53.3 Å². The Bertz CT molecular complexity index is 571. The zero-order valence-electron chi connectivity index (χ0n) is 9.09. The molecule has 0 radical (unpaired) electrons. The first-order valence-electron chi connectivity index (χ1n) is 5.18. The molecule has 0 unspecified atom stereocenters. The van der Waals surface area contributed by atoms with Gasteiger partial charge >= 0.3 is 0 Å². The van der Waals surface area contributed by atoms with Gasteiger partial charge in [-0.25, -0.2) is 3.97 Å². The van der Waals surface area contributed by atoms with Crippen LogP contribution in [0.25, 0.3) is 10.9 Å². The fourth-order valence-electron chi connectivity index (χ4n) is 1.51. The highest BCUT2D eigenvalue weighted by atomic mass is 32.2. The van der Waals surface area contributed by atoms with Crippen LogP contribution < -0.4 is 5.56 Å². The molecule has 0 N–H and O–H groups in total. The normalized spacial score (nSPS) is 11.3. The van der Waals surface area contributed by atoms with Gasteiger partial charge in [-0.15, -0.1) is 0 Å². The molecule has 3 heteroatoms. The molecule has 0 spiro atoms. The van der Waals surface area contributed by atoms with E-state index >= 15 is 0 Å². The molecule has 0 aliphatic heterocycles. The van der Waals surface area contributed by atoms with E-state index in [1.165, 1.54) is 11.9 Å². The third kappa shape index (κ3) is 2.19. The quantitative estimate of drug-likeness (QED) is 0.757. The van der Waals surface area contributed by atoms with Gasteiger partial charge in [0.15, 0.2) is 0 Å². The number of para-hydroxylation sites is 1. The van der Waals surface area contributed by atoms with Crippen molar-refractivity contribution in [1.82, 2.24) is 3.97 Å². The molecule has 82 valence electrons. The van der Waals surface area contributed by atoms with E-state index in [1.807, 2.05) is 49.4 Å². The van der Waals surface area contributed by atoms with E-state index in [-0.39, 0.29) is 5.56 Å². The van der Waals surface area contributed by atoms with Crippen LogP contribution in [-0.4, -0.2) is 9.73 Å². The van der Waals surface area contributed by atoms with Gasteiger partial charge in [0, 0.05) is 11.8 Å². The van der Waals surface area contributed by atoms with Crippen molar-refractivity contribution in [3.63, 3.8) is 0 Å². The molecule has 2 rings (SSSR count). The lowest BCUT2D eigenvalue weighted by molar-refractivity contribution is 1.21. The number of nitrogens with zero attached hydrogens (tertiary/aromatic N) is 1. The van der Waals surface area contributed by atoms with Crippen molar-refractivity contribution in [2.45, 2.75) is 6.92 Å². The van der Waals surface area contributed by atoms with E-state index < -0.39 is 0 Å². The van der Waals surface area contributed by atoms with Crippen molar-refractivity contribution in [3.8, 4) is 0 Å². The number of aromatic nitrogens is 1. The van der Waals surface area contributed by atoms with Crippen molar-refractivity contribution in [3.05, 3.63) is 58.9 Å². The van der Waals surface area contributed by atoms with Crippen molar-refractivity contribution in [1.29, 1.82) is 0 Å². The third-order valence-electron chi connectivity index (χ3n) is 2.30. The number of fused-ring (bicyclic) bond motifs is 1. The van der Waals surface area contributed by atoms with Crippen molar-refractivity contribution < 1.29 is 0 Å². The Morgan fingerprint density at radius 3 is 2.88 bits per heavy atom. The molecular weight excluding hydrogens is 218 g/mol. The second-order valence-electron chi connectivity index (χ2n) is 3.39. The monoisotopic (exact) mass is 231 g/mol. The SMILES string of the molecule is CC=CCSn1c(=O)ccc2ccccc21. The number of pyridine rings is 1. The zero-order valence-corrected chi connectivity index (χ0v) is 9.91. The predicted molar refractivity (Wildman–Crippen MR) is 70.9 cm³/mol. The van der Waals surface area contributed by atoms with E-state index in [2.05, 4.69) is 0 Å². The highest BCUT2D eigenvalue weighted by Crippen LogP contribution is 2.15. The Morgan fingerprint density at radius 1 is 1.25 bits per heavy atom. The van der Waals surface area contributed by atoms with Crippen molar-refractivity contribution >= 4 is 22.9 Å². The van der Waals surface area contributed by atoms with Gasteiger partial charge in [-0.05, 0) is 36.4 Å². The summed E-state index contributed by atoms with van der Waals surface area (Å²) in [6, 6.07) is 11.4. The highest BCUT2D eigenvalue weighted by Gasteiger charge is 2.01. The average molecular weight is 231 g/mol. The van der Waals surface area contributed by atoms with Crippen molar-refractivity contribution in [2.24, 2.45) is 0 Å². The first-order valence-corrected chi connectivity index (χ1v) is 6.12. The number of hydrogen-bond donors (Lipinski definition) is 0. The summed E-state index contributed by atoms with van der Waals surface area (Å²) in [4.78, 5) is 11.7. The lowest BCUT2D eigenvalue weighted by atomic mass is 10.2. The van der Waals surface area contributed by atoms with Gasteiger partial charge in [0.2, 0.25) is 0 Å². The minimum absolute atomic E-state index is 0.0354. The summed E-state index contributed by atoms with van der Waals surface area (Å²) in [5.41, 5.74) is 1.01. The van der Waals surface area contributed by atoms with Crippen LogP contribution in [0.2, 0.25) is 0 Å². The Hall–Kier alpha value is -1.48. The Kier molecular flexibility index (Phi) is 3.47. The van der Waals surface area contributed by atoms with Gasteiger partial charge in [0.1, 0.15) is 0 Å². The van der Waals surface area contributed by atoms with Crippen LogP contribution in [-0.2, 0) is 0 Å². The molecule has 0 aliphatic rings. The summed E-state index contributed by atoms with van der Waals surface area (Å²) < 4.78 is 1.75. The number of rotatable bonds is 3. The summed E-state index contributed by atoms with van der Waals surface area (Å²) in [7, 11) is 0. The molecule has 1 heterocycles. The minimum atomic E-state index is 0.0354. The topological polar surface area (TPSA) is 22.0 Å². The molecule has 0 atom stereocenters. The van der Waals surface area contributed by atoms with E-state index in [9.17, 15) is 4.79 Å². The summed E-state index contributed by atoms with van der Waals surface area (Å²) in [6.07, 6.45) is 4.03. The lowest BCUT2D eigenvalue weighted by Crippen LogP contribution is -2.13. The maximum atomic E-state index is 11.7. The fourth-order valence-corrected chi connectivity index (χ4v) is 2.43. The summed E-state index contributed by atoms with van der Waals surface area (Å²) in [6.45, 7) is 1.98. The molecular formula is C13H13NOS. The summed E-state index contributed by atoms with van der Waals surface area (Å²) in [5, 5.41) is 1.09. The van der Waals surface area contributed by atoms with Crippen LogP contribution in [0.1, 0.15) is 6.92 Å². The first kappa shape index (κ1) is 11.0. The van der Waals surface area contributed by atoms with Crippen LogP contribution >= 0.6 is 11.9 Å². The molecule has 16 heavy (non-hydrogen) atoms. The maximum absolute atomic E-state index is 11.7. The predicted octanol–water partition coefficient (Wildman–Crippen LogP) is 3.07. The second-order valence-corrected chi connectivity index (χ2v) is 4.35. The number of benzene rings is 1. The second kappa shape index (κ2) is 5.03. The van der Waals surface area contributed by atoms with E-state index in [4.69, 9.17) is 0 Å². The molecule has 1 aromatic carbocycles. The van der Waals surface area contributed by atoms with E-state index in [0.717, 1.165) is 16.7 Å². The van der Waals surface area contributed by atoms with Gasteiger partial charge in [-0.1, -0.05) is 30.4 Å². The van der Waals surface area contributed by atoms with Crippen LogP contribution in [0.4, 0.5) is 0 Å². The number of allylic oxidation sites excluding steroid dienone is 1. The third-order valence-corrected chi connectivity index (χ3v) is 3.27. The molecule has 0 saturated heterocycles. The maximum Gasteiger partial charge on any atom is 0.261 e. The molecule has 0 bridgehead atoms. The molecule has 2 aromatic rings. The standard InChI is InChI=1S/C13H13NOS/c1-2-3-10-16-14-12-7-5-4-6-11(12)8-9-13(14)15/h2-9H,10H2,1H3. The smallest absolute Gasteiger partial charge is 0.261 e. The molecule has 2 nitrogen and oxygen atoms in total. The Balaban J connectivity index is 2.48. The van der Waals surface area contributed by atoms with Crippen molar-refractivity contribution in [2.75, 3.05) is 5.75 Å². The molecule has 0 aliphatic carbocycles. The molecule has 0 saturated carbocycles. The Labute approximate surface area is 98.7 Å². The molecule has 0 fully saturated rings. The van der Waals surface area contributed by atoms with Gasteiger partial charge < -0.3 is 0 Å². The Morgan fingerprint density at radius 2 is 2.06 bits per heavy atom. The zero-order chi connectivity index (χ0) is 11.4. The van der Waals surface area contributed by atoms with E-state index in [1.54, 1.807) is 10.0 Å². The largest absolute Gasteiger partial charge is 0.268 e. The van der Waals surface area contributed by atoms with Crippen LogP contribution in [0, 0.1) is 0 Å². The fraction of sp³-hybridized carbons (Fsp3) is 0.154. The first-order chi connectivity index (χ1) is 7.83.